The van der Waals surface area contributed by atoms with Crippen LogP contribution >= 0.6 is 0 Å². The number of aliphatic hydroxyl groups is 5. The maximum atomic E-state index is 13.7. The summed E-state index contributed by atoms with van der Waals surface area (Å²) >= 11 is 0. The van der Waals surface area contributed by atoms with Crippen molar-refractivity contribution in [1.82, 2.24) is 0 Å². The molecular weight excluding hydrogens is 431 g/mol. The zero-order valence-corrected chi connectivity index (χ0v) is 15.7. The lowest BCUT2D eigenvalue weighted by Crippen LogP contribution is -2.60. The van der Waals surface area contributed by atoms with Crippen LogP contribution in [0, 0.1) is 11.6 Å². The second-order valence-corrected chi connectivity index (χ2v) is 7.20. The summed E-state index contributed by atoms with van der Waals surface area (Å²) in [6.45, 7) is -0.829. The molecule has 0 spiro atoms. The summed E-state index contributed by atoms with van der Waals surface area (Å²) in [7, 11) is 0. The summed E-state index contributed by atoms with van der Waals surface area (Å²) in [5.41, 5.74) is -2.45. The van der Waals surface area contributed by atoms with Gasteiger partial charge in [-0.1, -0.05) is 12.1 Å². The van der Waals surface area contributed by atoms with Gasteiger partial charge >= 0.3 is 6.18 Å². The van der Waals surface area contributed by atoms with Crippen LogP contribution in [-0.4, -0.2) is 62.7 Å². The summed E-state index contributed by atoms with van der Waals surface area (Å²) in [4.78, 5) is 0. The Kier molecular flexibility index (Phi) is 6.65. The first kappa shape index (κ1) is 23.5. The van der Waals surface area contributed by atoms with Crippen molar-refractivity contribution in [3.63, 3.8) is 0 Å². The number of ether oxygens (including phenoxy) is 1. The van der Waals surface area contributed by atoms with Gasteiger partial charge in [-0.25, -0.2) is 8.78 Å². The fraction of sp³-hybridized carbons (Fsp3) is 0.400. The van der Waals surface area contributed by atoms with Gasteiger partial charge in [-0.05, 0) is 34.9 Å². The van der Waals surface area contributed by atoms with Gasteiger partial charge < -0.3 is 30.3 Å². The molecule has 0 radical (unpaired) electrons. The Morgan fingerprint density at radius 1 is 0.871 bits per heavy atom. The Morgan fingerprint density at radius 2 is 1.48 bits per heavy atom. The monoisotopic (exact) mass is 450 g/mol. The second-order valence-electron chi connectivity index (χ2n) is 7.20. The lowest BCUT2D eigenvalue weighted by Gasteiger charge is -2.42. The van der Waals surface area contributed by atoms with E-state index in [1.165, 1.54) is 0 Å². The second kappa shape index (κ2) is 8.77. The van der Waals surface area contributed by atoms with E-state index in [0.717, 1.165) is 24.3 Å². The molecule has 2 aromatic carbocycles. The molecule has 3 rings (SSSR count). The third-order valence-corrected chi connectivity index (χ3v) is 5.11. The highest BCUT2D eigenvalue weighted by atomic mass is 19.4. The van der Waals surface area contributed by atoms with Gasteiger partial charge in [-0.3, -0.25) is 0 Å². The van der Waals surface area contributed by atoms with Gasteiger partial charge in [0.1, 0.15) is 48.3 Å². The molecule has 1 aliphatic rings. The predicted octanol–water partition coefficient (Wildman–Crippen LogP) is 1.53. The Bertz CT molecular complexity index is 915. The van der Waals surface area contributed by atoms with Crippen LogP contribution in [0.25, 0.3) is 11.1 Å². The van der Waals surface area contributed by atoms with Crippen molar-refractivity contribution in [3.8, 4) is 11.1 Å². The molecule has 0 bridgehead atoms. The molecule has 1 aliphatic heterocycles. The van der Waals surface area contributed by atoms with E-state index < -0.39 is 72.2 Å². The largest absolute Gasteiger partial charge is 0.416 e. The summed E-state index contributed by atoms with van der Waals surface area (Å²) < 4.78 is 73.2. The molecule has 0 aliphatic carbocycles. The highest BCUT2D eigenvalue weighted by Crippen LogP contribution is 2.40. The van der Waals surface area contributed by atoms with Crippen molar-refractivity contribution in [1.29, 1.82) is 0 Å². The number of alkyl halides is 3. The molecule has 6 nitrogen and oxygen atoms in total. The van der Waals surface area contributed by atoms with Crippen LogP contribution in [-0.2, 0) is 10.9 Å². The van der Waals surface area contributed by atoms with Gasteiger partial charge in [0.15, 0.2) is 0 Å². The quantitative estimate of drug-likeness (QED) is 0.452. The standard InChI is InChI=1S/C20H19F5O6/c21-10-3-9(4-11(22)6-10)8-1-2-12(13(5-8)20(23,24)25)15(27)19-18(30)17(29)16(28)14(7-26)31-19/h1-6,14-19,26-30H,7H2/t14?,15-,16-,17?,18?,19-/m1/s1. The van der Waals surface area contributed by atoms with Crippen LogP contribution in [0.4, 0.5) is 22.0 Å². The average molecular weight is 450 g/mol. The van der Waals surface area contributed by atoms with Gasteiger partial charge in [-0.15, -0.1) is 0 Å². The zero-order chi connectivity index (χ0) is 23.1. The topological polar surface area (TPSA) is 110 Å². The molecule has 2 aromatic rings. The summed E-state index contributed by atoms with van der Waals surface area (Å²) in [5, 5.41) is 49.5. The summed E-state index contributed by atoms with van der Waals surface area (Å²) in [6.07, 6.45) is -16.0. The fourth-order valence-electron chi connectivity index (χ4n) is 3.53. The minimum atomic E-state index is -5.01. The average Bonchev–Trinajstić information content (AvgIpc) is 2.70. The minimum Gasteiger partial charge on any atom is -0.394 e. The molecule has 1 saturated heterocycles. The first-order valence-electron chi connectivity index (χ1n) is 9.10. The number of benzene rings is 2. The first-order chi connectivity index (χ1) is 14.4. The number of rotatable bonds is 4. The molecule has 31 heavy (non-hydrogen) atoms. The van der Waals surface area contributed by atoms with Crippen molar-refractivity contribution in [3.05, 3.63) is 59.2 Å². The Morgan fingerprint density at radius 3 is 2.03 bits per heavy atom. The maximum absolute atomic E-state index is 13.7. The minimum absolute atomic E-state index is 0.170. The zero-order valence-electron chi connectivity index (χ0n) is 15.7. The van der Waals surface area contributed by atoms with E-state index in [2.05, 4.69) is 0 Å². The maximum Gasteiger partial charge on any atom is 0.416 e. The molecule has 1 heterocycles. The number of halogens is 5. The van der Waals surface area contributed by atoms with Crippen LogP contribution in [0.2, 0.25) is 0 Å². The lowest BCUT2D eigenvalue weighted by molar-refractivity contribution is -0.250. The molecule has 0 amide bonds. The lowest BCUT2D eigenvalue weighted by atomic mass is 9.87. The van der Waals surface area contributed by atoms with Crippen molar-refractivity contribution in [2.75, 3.05) is 6.61 Å². The molecular formula is C20H19F5O6. The fourth-order valence-corrected chi connectivity index (χ4v) is 3.53. The van der Waals surface area contributed by atoms with Crippen LogP contribution in [0.15, 0.2) is 36.4 Å². The third kappa shape index (κ3) is 4.71. The van der Waals surface area contributed by atoms with Gasteiger partial charge in [0.05, 0.1) is 12.2 Å². The van der Waals surface area contributed by atoms with E-state index in [-0.39, 0.29) is 11.1 Å². The van der Waals surface area contributed by atoms with E-state index in [1.807, 2.05) is 0 Å². The highest BCUT2D eigenvalue weighted by molar-refractivity contribution is 5.65. The van der Waals surface area contributed by atoms with E-state index in [1.54, 1.807) is 0 Å². The van der Waals surface area contributed by atoms with Gasteiger partial charge in [0, 0.05) is 6.07 Å². The highest BCUT2D eigenvalue weighted by Gasteiger charge is 2.48. The van der Waals surface area contributed by atoms with Gasteiger partial charge in [-0.2, -0.15) is 13.2 Å². The van der Waals surface area contributed by atoms with Gasteiger partial charge in [0.2, 0.25) is 0 Å². The smallest absolute Gasteiger partial charge is 0.394 e. The van der Waals surface area contributed by atoms with Crippen LogP contribution in [0.1, 0.15) is 17.2 Å². The van der Waals surface area contributed by atoms with E-state index in [0.29, 0.717) is 12.1 Å². The molecule has 170 valence electrons. The van der Waals surface area contributed by atoms with E-state index >= 15 is 0 Å². The number of hydrogen-bond donors (Lipinski definition) is 5. The van der Waals surface area contributed by atoms with Crippen LogP contribution < -0.4 is 0 Å². The number of aliphatic hydroxyl groups excluding tert-OH is 5. The normalized spacial score (nSPS) is 27.9. The van der Waals surface area contributed by atoms with Crippen LogP contribution in [0.5, 0.6) is 0 Å². The predicted molar refractivity (Wildman–Crippen MR) is 95.5 cm³/mol. The molecule has 11 heteroatoms. The molecule has 0 saturated carbocycles. The Hall–Kier alpha value is -2.15. The van der Waals surface area contributed by atoms with Crippen molar-refractivity contribution in [2.24, 2.45) is 0 Å². The van der Waals surface area contributed by atoms with Crippen molar-refractivity contribution in [2.45, 2.75) is 42.8 Å². The molecule has 0 aromatic heterocycles. The number of hydrogen-bond acceptors (Lipinski definition) is 6. The van der Waals surface area contributed by atoms with E-state index in [9.17, 15) is 47.5 Å². The molecule has 5 N–H and O–H groups in total. The Balaban J connectivity index is 2.04. The Labute approximate surface area is 172 Å². The first-order valence-corrected chi connectivity index (χ1v) is 9.10. The van der Waals surface area contributed by atoms with Crippen molar-refractivity contribution < 1.29 is 52.2 Å². The van der Waals surface area contributed by atoms with Gasteiger partial charge in [0.25, 0.3) is 0 Å². The molecule has 6 atom stereocenters. The SMILES string of the molecule is OCC1O[C@H]([C@H](O)c2ccc(-c3cc(F)cc(F)c3)cc2C(F)(F)F)C(O)C(O)[C@@H]1O. The van der Waals surface area contributed by atoms with E-state index in [4.69, 9.17) is 4.74 Å². The summed E-state index contributed by atoms with van der Waals surface area (Å²) in [6, 6.07) is 4.76. The third-order valence-electron chi connectivity index (χ3n) is 5.11. The molecule has 1 fully saturated rings. The summed E-state index contributed by atoms with van der Waals surface area (Å²) in [5.74, 6) is -1.98. The van der Waals surface area contributed by atoms with Crippen molar-refractivity contribution >= 4 is 0 Å². The molecule has 3 unspecified atom stereocenters. The van der Waals surface area contributed by atoms with Crippen LogP contribution in [0.3, 0.4) is 0 Å².